The summed E-state index contributed by atoms with van der Waals surface area (Å²) < 4.78 is 0. The zero-order valence-electron chi connectivity index (χ0n) is 3.46. The molecule has 0 aliphatic heterocycles. The standard InChI is InChI=1S/C3H3NO3/c5-3-1-2(3)4(6)7/h2H,1H2. The Hall–Kier alpha value is -0.930. The average molecular weight is 101 g/mol. The molecule has 0 heterocycles. The van der Waals surface area contributed by atoms with Crippen LogP contribution in [0.4, 0.5) is 0 Å². The van der Waals surface area contributed by atoms with E-state index in [1.165, 1.54) is 0 Å². The summed E-state index contributed by atoms with van der Waals surface area (Å²) >= 11 is 0. The molecular formula is C3H3NO3. The Balaban J connectivity index is 2.48. The predicted octanol–water partition coefficient (Wildman–Crippen LogP) is -0.396. The maximum absolute atomic E-state index is 9.89. The molecule has 4 nitrogen and oxygen atoms in total. The molecular weight excluding hydrogens is 98.0 g/mol. The second-order valence-corrected chi connectivity index (χ2v) is 1.47. The third kappa shape index (κ3) is 0.581. The first kappa shape index (κ1) is 4.23. The second-order valence-electron chi connectivity index (χ2n) is 1.47. The zero-order valence-corrected chi connectivity index (χ0v) is 3.46. The number of hydrogen-bond donors (Lipinski definition) is 0. The minimum absolute atomic E-state index is 0.146. The highest BCUT2D eigenvalue weighted by Gasteiger charge is 2.46. The maximum atomic E-state index is 9.89. The molecule has 0 spiro atoms. The van der Waals surface area contributed by atoms with Crippen molar-refractivity contribution in [3.63, 3.8) is 0 Å². The van der Waals surface area contributed by atoms with E-state index in [0.29, 0.717) is 0 Å². The highest BCUT2D eigenvalue weighted by molar-refractivity contribution is 5.98. The van der Waals surface area contributed by atoms with Crippen LogP contribution in [-0.4, -0.2) is 16.7 Å². The maximum Gasteiger partial charge on any atom is 0.277 e. The highest BCUT2D eigenvalue weighted by Crippen LogP contribution is 2.16. The number of nitrogens with zero attached hydrogens (tertiary/aromatic N) is 1. The van der Waals surface area contributed by atoms with Crippen molar-refractivity contribution < 1.29 is 9.72 Å². The fourth-order valence-corrected chi connectivity index (χ4v) is 0.324. The van der Waals surface area contributed by atoms with Crippen molar-refractivity contribution in [2.45, 2.75) is 12.5 Å². The summed E-state index contributed by atoms with van der Waals surface area (Å²) in [5, 5.41) is 9.56. The van der Waals surface area contributed by atoms with Crippen molar-refractivity contribution in [2.75, 3.05) is 0 Å². The van der Waals surface area contributed by atoms with Crippen molar-refractivity contribution in [2.24, 2.45) is 0 Å². The van der Waals surface area contributed by atoms with Gasteiger partial charge < -0.3 is 0 Å². The van der Waals surface area contributed by atoms with Crippen LogP contribution in [0.25, 0.3) is 0 Å². The van der Waals surface area contributed by atoms with Gasteiger partial charge in [-0.05, 0) is 0 Å². The van der Waals surface area contributed by atoms with Gasteiger partial charge in [-0.25, -0.2) is 0 Å². The van der Waals surface area contributed by atoms with Crippen LogP contribution < -0.4 is 0 Å². The van der Waals surface area contributed by atoms with E-state index in [9.17, 15) is 14.9 Å². The summed E-state index contributed by atoms with van der Waals surface area (Å²) in [6.45, 7) is 0. The predicted molar refractivity (Wildman–Crippen MR) is 20.4 cm³/mol. The molecule has 1 rings (SSSR count). The smallest absolute Gasteiger partial charge is 0.277 e. The highest BCUT2D eigenvalue weighted by atomic mass is 16.6. The van der Waals surface area contributed by atoms with Crippen LogP contribution in [0.3, 0.4) is 0 Å². The van der Waals surface area contributed by atoms with Gasteiger partial charge in [0.25, 0.3) is 6.04 Å². The van der Waals surface area contributed by atoms with Gasteiger partial charge in [-0.15, -0.1) is 0 Å². The lowest BCUT2D eigenvalue weighted by Crippen LogP contribution is -2.01. The first-order valence-electron chi connectivity index (χ1n) is 1.88. The van der Waals surface area contributed by atoms with Crippen LogP contribution in [0.1, 0.15) is 6.42 Å². The molecule has 0 amide bonds. The lowest BCUT2D eigenvalue weighted by molar-refractivity contribution is -0.488. The minimum atomic E-state index is -0.847. The summed E-state index contributed by atoms with van der Waals surface area (Å²) in [7, 11) is 0. The lowest BCUT2D eigenvalue weighted by atomic mass is 10.8. The number of Topliss-reactive ketones (excluding diaryl/α,β-unsaturated/α-hetero) is 1. The van der Waals surface area contributed by atoms with Gasteiger partial charge in [0.2, 0.25) is 5.78 Å². The average Bonchev–Trinajstić information content (AvgIpc) is 2.17. The number of carbonyl (C=O) groups is 1. The molecule has 0 saturated heterocycles. The van der Waals surface area contributed by atoms with Crippen molar-refractivity contribution in [3.8, 4) is 0 Å². The van der Waals surface area contributed by atoms with E-state index in [1.807, 2.05) is 0 Å². The topological polar surface area (TPSA) is 60.2 Å². The first-order valence-corrected chi connectivity index (χ1v) is 1.88. The molecule has 1 fully saturated rings. The Morgan fingerprint density at radius 3 is 2.29 bits per heavy atom. The summed E-state index contributed by atoms with van der Waals surface area (Å²) in [6.07, 6.45) is 0.146. The van der Waals surface area contributed by atoms with Crippen LogP contribution in [0.15, 0.2) is 0 Å². The SMILES string of the molecule is O=C1CC1[N+](=O)[O-]. The molecule has 1 unspecified atom stereocenters. The van der Waals surface area contributed by atoms with Gasteiger partial charge in [0, 0.05) is 4.92 Å². The van der Waals surface area contributed by atoms with E-state index >= 15 is 0 Å². The quantitative estimate of drug-likeness (QED) is 0.333. The van der Waals surface area contributed by atoms with Crippen LogP contribution in [-0.2, 0) is 4.79 Å². The molecule has 1 aliphatic carbocycles. The van der Waals surface area contributed by atoms with Gasteiger partial charge in [0.1, 0.15) is 0 Å². The molecule has 0 bridgehead atoms. The molecule has 0 aromatic heterocycles. The Morgan fingerprint density at radius 1 is 1.86 bits per heavy atom. The zero-order chi connectivity index (χ0) is 5.44. The van der Waals surface area contributed by atoms with E-state index in [1.54, 1.807) is 0 Å². The third-order valence-electron chi connectivity index (χ3n) is 0.861. The van der Waals surface area contributed by atoms with Gasteiger partial charge in [-0.2, -0.15) is 0 Å². The number of hydrogen-bond acceptors (Lipinski definition) is 3. The van der Waals surface area contributed by atoms with Gasteiger partial charge in [-0.1, -0.05) is 0 Å². The van der Waals surface area contributed by atoms with Crippen LogP contribution in [0, 0.1) is 10.1 Å². The summed E-state index contributed by atoms with van der Waals surface area (Å²) in [4.78, 5) is 18.9. The van der Waals surface area contributed by atoms with Crippen LogP contribution >= 0.6 is 0 Å². The molecule has 0 aromatic carbocycles. The van der Waals surface area contributed by atoms with E-state index in [4.69, 9.17) is 0 Å². The van der Waals surface area contributed by atoms with Crippen molar-refractivity contribution in [3.05, 3.63) is 10.1 Å². The van der Waals surface area contributed by atoms with Gasteiger partial charge in [0.05, 0.1) is 6.42 Å². The second kappa shape index (κ2) is 1.02. The molecule has 1 atom stereocenters. The third-order valence-corrected chi connectivity index (χ3v) is 0.861. The van der Waals surface area contributed by atoms with E-state index in [2.05, 4.69) is 0 Å². The molecule has 0 aromatic rings. The Labute approximate surface area is 39.3 Å². The fraction of sp³-hybridized carbons (Fsp3) is 0.667. The summed E-state index contributed by atoms with van der Waals surface area (Å²) in [6, 6.07) is -0.847. The Morgan fingerprint density at radius 2 is 2.29 bits per heavy atom. The molecule has 1 saturated carbocycles. The lowest BCUT2D eigenvalue weighted by Gasteiger charge is -1.75. The normalized spacial score (nSPS) is 27.4. The molecule has 1 aliphatic rings. The molecule has 38 valence electrons. The number of nitro groups is 1. The fourth-order valence-electron chi connectivity index (χ4n) is 0.324. The van der Waals surface area contributed by atoms with Crippen LogP contribution in [0.5, 0.6) is 0 Å². The number of carbonyl (C=O) groups excluding carboxylic acids is 1. The minimum Gasteiger partial charge on any atom is -0.292 e. The monoisotopic (exact) mass is 101 g/mol. The molecule has 4 heteroatoms. The van der Waals surface area contributed by atoms with Crippen molar-refractivity contribution in [1.29, 1.82) is 0 Å². The Bertz CT molecular complexity index is 130. The first-order chi connectivity index (χ1) is 3.22. The summed E-state index contributed by atoms with van der Waals surface area (Å²) in [5.74, 6) is -0.245. The summed E-state index contributed by atoms with van der Waals surface area (Å²) in [5.41, 5.74) is 0. The molecule has 7 heavy (non-hydrogen) atoms. The molecule has 0 radical (unpaired) electrons. The number of ketones is 1. The van der Waals surface area contributed by atoms with Crippen molar-refractivity contribution >= 4 is 5.78 Å². The van der Waals surface area contributed by atoms with Gasteiger partial charge in [0.15, 0.2) is 0 Å². The van der Waals surface area contributed by atoms with Crippen molar-refractivity contribution in [1.82, 2.24) is 0 Å². The largest absolute Gasteiger partial charge is 0.292 e. The van der Waals surface area contributed by atoms with Crippen LogP contribution in [0.2, 0.25) is 0 Å². The number of rotatable bonds is 1. The van der Waals surface area contributed by atoms with E-state index in [0.717, 1.165) is 0 Å². The van der Waals surface area contributed by atoms with E-state index < -0.39 is 11.0 Å². The van der Waals surface area contributed by atoms with Gasteiger partial charge >= 0.3 is 0 Å². The molecule has 0 N–H and O–H groups in total. The Kier molecular flexibility index (Phi) is 0.618. The van der Waals surface area contributed by atoms with Gasteiger partial charge in [-0.3, -0.25) is 14.9 Å². The van der Waals surface area contributed by atoms with E-state index in [-0.39, 0.29) is 12.2 Å².